The van der Waals surface area contributed by atoms with Crippen molar-refractivity contribution in [3.63, 3.8) is 0 Å². The average molecular weight is 416 g/mol. The first-order valence-electron chi connectivity index (χ1n) is 9.36. The van der Waals surface area contributed by atoms with Crippen molar-refractivity contribution in [2.24, 2.45) is 7.05 Å². The second kappa shape index (κ2) is 8.92. The normalized spacial score (nSPS) is 12.3. The summed E-state index contributed by atoms with van der Waals surface area (Å²) in [6.07, 6.45) is 1.87. The Morgan fingerprint density at radius 2 is 2.00 bits per heavy atom. The Labute approximate surface area is 173 Å². The molecule has 0 aliphatic heterocycles. The number of carbonyl (C=O) groups excluding carboxylic acids is 1. The smallest absolute Gasteiger partial charge is 0.262 e. The third-order valence-electron chi connectivity index (χ3n) is 4.82. The molecule has 28 heavy (non-hydrogen) atoms. The Kier molecular flexibility index (Phi) is 6.57. The van der Waals surface area contributed by atoms with Gasteiger partial charge in [0, 0.05) is 11.9 Å². The third-order valence-corrected chi connectivity index (χ3v) is 6.95. The molecule has 1 unspecified atom stereocenters. The summed E-state index contributed by atoms with van der Waals surface area (Å²) in [4.78, 5) is 31.7. The molecular weight excluding hydrogens is 390 g/mol. The number of thioether (sulfide) groups is 1. The molecule has 1 N–H and O–H groups in total. The van der Waals surface area contributed by atoms with Gasteiger partial charge in [0.25, 0.3) is 5.56 Å². The second-order valence-corrected chi connectivity index (χ2v) is 8.98. The lowest BCUT2D eigenvalue weighted by Gasteiger charge is -2.18. The van der Waals surface area contributed by atoms with Gasteiger partial charge < -0.3 is 5.32 Å². The third kappa shape index (κ3) is 4.31. The first kappa shape index (κ1) is 20.6. The van der Waals surface area contributed by atoms with E-state index in [1.54, 1.807) is 11.6 Å². The predicted molar refractivity (Wildman–Crippen MR) is 117 cm³/mol. The van der Waals surface area contributed by atoms with Gasteiger partial charge >= 0.3 is 0 Å². The van der Waals surface area contributed by atoms with Crippen LogP contribution in [0, 0.1) is 13.8 Å². The summed E-state index contributed by atoms with van der Waals surface area (Å²) < 4.78 is 1.54. The molecule has 0 saturated heterocycles. The van der Waals surface area contributed by atoms with Gasteiger partial charge in [-0.25, -0.2) is 4.98 Å². The van der Waals surface area contributed by atoms with E-state index in [0.717, 1.165) is 33.7 Å². The standard InChI is InChI=1S/C21H25N3O2S2/c1-5-9-16(15-10-7-6-8-11-15)22-17(25)12-27-21-23-19-18(20(26)24(21)4)13(2)14(3)28-19/h6-8,10-11,16H,5,9,12H2,1-4H3,(H,22,25). The summed E-state index contributed by atoms with van der Waals surface area (Å²) in [7, 11) is 1.71. The van der Waals surface area contributed by atoms with Crippen LogP contribution in [0.5, 0.6) is 0 Å². The van der Waals surface area contributed by atoms with Gasteiger partial charge in [0.05, 0.1) is 17.2 Å². The first-order valence-corrected chi connectivity index (χ1v) is 11.2. The molecule has 2 aromatic heterocycles. The summed E-state index contributed by atoms with van der Waals surface area (Å²) in [5.74, 6) is 0.169. The molecule has 1 aromatic carbocycles. The number of carbonyl (C=O) groups is 1. The minimum absolute atomic E-state index is 0.00107. The number of thiophene rings is 1. The molecule has 0 aliphatic carbocycles. The Morgan fingerprint density at radius 3 is 2.68 bits per heavy atom. The topological polar surface area (TPSA) is 64.0 Å². The predicted octanol–water partition coefficient (Wildman–Crippen LogP) is 4.36. The average Bonchev–Trinajstić information content (AvgIpc) is 2.97. The quantitative estimate of drug-likeness (QED) is 0.460. The maximum absolute atomic E-state index is 12.7. The zero-order chi connectivity index (χ0) is 20.3. The van der Waals surface area contributed by atoms with Crippen LogP contribution in [0.15, 0.2) is 40.3 Å². The van der Waals surface area contributed by atoms with E-state index in [2.05, 4.69) is 17.2 Å². The summed E-state index contributed by atoms with van der Waals surface area (Å²) in [5.41, 5.74) is 2.05. The summed E-state index contributed by atoms with van der Waals surface area (Å²) in [6.45, 7) is 6.06. The van der Waals surface area contributed by atoms with Crippen LogP contribution < -0.4 is 10.9 Å². The molecule has 1 atom stereocenters. The number of amides is 1. The fourth-order valence-electron chi connectivity index (χ4n) is 3.15. The molecule has 1 amide bonds. The van der Waals surface area contributed by atoms with Crippen molar-refractivity contribution in [2.45, 2.75) is 44.8 Å². The van der Waals surface area contributed by atoms with E-state index in [-0.39, 0.29) is 23.3 Å². The van der Waals surface area contributed by atoms with Crippen LogP contribution in [0.2, 0.25) is 0 Å². The number of nitrogens with zero attached hydrogens (tertiary/aromatic N) is 2. The highest BCUT2D eigenvalue weighted by molar-refractivity contribution is 7.99. The largest absolute Gasteiger partial charge is 0.349 e. The van der Waals surface area contributed by atoms with E-state index in [1.165, 1.54) is 23.1 Å². The molecule has 3 rings (SSSR count). The van der Waals surface area contributed by atoms with Gasteiger partial charge in [0.2, 0.25) is 5.91 Å². The molecule has 3 aromatic rings. The Morgan fingerprint density at radius 1 is 1.29 bits per heavy atom. The lowest BCUT2D eigenvalue weighted by atomic mass is 10.0. The number of fused-ring (bicyclic) bond motifs is 1. The monoisotopic (exact) mass is 415 g/mol. The maximum atomic E-state index is 12.7. The maximum Gasteiger partial charge on any atom is 0.262 e. The molecule has 0 saturated carbocycles. The van der Waals surface area contributed by atoms with E-state index in [1.807, 2.05) is 44.2 Å². The molecular formula is C21H25N3O2S2. The number of benzene rings is 1. The van der Waals surface area contributed by atoms with Crippen LogP contribution in [0.3, 0.4) is 0 Å². The molecule has 7 heteroatoms. The molecule has 0 spiro atoms. The summed E-state index contributed by atoms with van der Waals surface area (Å²) >= 11 is 2.83. The van der Waals surface area contributed by atoms with E-state index in [9.17, 15) is 9.59 Å². The highest BCUT2D eigenvalue weighted by Crippen LogP contribution is 2.28. The van der Waals surface area contributed by atoms with Crippen molar-refractivity contribution in [3.05, 3.63) is 56.7 Å². The van der Waals surface area contributed by atoms with Crippen molar-refractivity contribution in [3.8, 4) is 0 Å². The molecule has 2 heterocycles. The van der Waals surface area contributed by atoms with Crippen LogP contribution in [0.25, 0.3) is 10.2 Å². The molecule has 0 aliphatic rings. The van der Waals surface area contributed by atoms with E-state index < -0.39 is 0 Å². The summed E-state index contributed by atoms with van der Waals surface area (Å²) in [6, 6.07) is 10.0. The number of rotatable bonds is 7. The molecule has 0 bridgehead atoms. The van der Waals surface area contributed by atoms with Crippen LogP contribution in [-0.4, -0.2) is 21.2 Å². The van der Waals surface area contributed by atoms with Gasteiger partial charge in [-0.2, -0.15) is 0 Å². The lowest BCUT2D eigenvalue weighted by molar-refractivity contribution is -0.119. The minimum Gasteiger partial charge on any atom is -0.349 e. The van der Waals surface area contributed by atoms with Crippen LogP contribution in [0.1, 0.15) is 41.8 Å². The zero-order valence-corrected chi connectivity index (χ0v) is 18.2. The van der Waals surface area contributed by atoms with Crippen molar-refractivity contribution < 1.29 is 4.79 Å². The number of hydrogen-bond acceptors (Lipinski definition) is 5. The van der Waals surface area contributed by atoms with Gasteiger partial charge in [-0.05, 0) is 31.4 Å². The Hall–Kier alpha value is -2.12. The highest BCUT2D eigenvalue weighted by atomic mass is 32.2. The van der Waals surface area contributed by atoms with Crippen LogP contribution in [0.4, 0.5) is 0 Å². The van der Waals surface area contributed by atoms with Crippen molar-refractivity contribution in [1.29, 1.82) is 0 Å². The molecule has 0 fully saturated rings. The van der Waals surface area contributed by atoms with E-state index in [4.69, 9.17) is 0 Å². The fourth-order valence-corrected chi connectivity index (χ4v) is 5.00. The minimum atomic E-state index is -0.0554. The van der Waals surface area contributed by atoms with Crippen molar-refractivity contribution in [1.82, 2.24) is 14.9 Å². The summed E-state index contributed by atoms with van der Waals surface area (Å²) in [5, 5.41) is 4.37. The molecule has 0 radical (unpaired) electrons. The number of aromatic nitrogens is 2. The number of aryl methyl sites for hydroxylation is 2. The Balaban J connectivity index is 1.73. The van der Waals surface area contributed by atoms with Gasteiger partial charge in [-0.15, -0.1) is 11.3 Å². The van der Waals surface area contributed by atoms with Gasteiger partial charge in [-0.1, -0.05) is 55.4 Å². The molecule has 5 nitrogen and oxygen atoms in total. The second-order valence-electron chi connectivity index (χ2n) is 6.83. The van der Waals surface area contributed by atoms with Gasteiger partial charge in [0.1, 0.15) is 4.83 Å². The van der Waals surface area contributed by atoms with Crippen molar-refractivity contribution >= 4 is 39.2 Å². The number of hydrogen-bond donors (Lipinski definition) is 1. The van der Waals surface area contributed by atoms with Gasteiger partial charge in [-0.3, -0.25) is 14.2 Å². The highest BCUT2D eigenvalue weighted by Gasteiger charge is 2.17. The number of nitrogens with one attached hydrogen (secondary N) is 1. The Bertz CT molecular complexity index is 1040. The SMILES string of the molecule is CCCC(NC(=O)CSc1nc2sc(C)c(C)c2c(=O)n1C)c1ccccc1. The van der Waals surface area contributed by atoms with Gasteiger partial charge in [0.15, 0.2) is 5.16 Å². The van der Waals surface area contributed by atoms with E-state index in [0.29, 0.717) is 10.5 Å². The fraction of sp³-hybridized carbons (Fsp3) is 0.381. The first-order chi connectivity index (χ1) is 13.4. The lowest BCUT2D eigenvalue weighted by Crippen LogP contribution is -2.30. The van der Waals surface area contributed by atoms with Crippen molar-refractivity contribution in [2.75, 3.05) is 5.75 Å². The van der Waals surface area contributed by atoms with Crippen LogP contribution in [-0.2, 0) is 11.8 Å². The van der Waals surface area contributed by atoms with E-state index >= 15 is 0 Å². The molecule has 148 valence electrons. The van der Waals surface area contributed by atoms with Crippen LogP contribution >= 0.6 is 23.1 Å². The zero-order valence-electron chi connectivity index (χ0n) is 16.6.